The Morgan fingerprint density at radius 1 is 1.00 bits per heavy atom. The van der Waals surface area contributed by atoms with E-state index in [4.69, 9.17) is 9.47 Å². The maximum atomic E-state index is 12.7. The van der Waals surface area contributed by atoms with E-state index < -0.39 is 0 Å². The first kappa shape index (κ1) is 16.3. The van der Waals surface area contributed by atoms with Crippen LogP contribution in [0, 0.1) is 11.3 Å². The van der Waals surface area contributed by atoms with Crippen LogP contribution in [0.4, 0.5) is 0 Å². The fourth-order valence-electron chi connectivity index (χ4n) is 4.50. The van der Waals surface area contributed by atoms with Crippen LogP contribution in [0.2, 0.25) is 0 Å². The predicted molar refractivity (Wildman–Crippen MR) is 95.9 cm³/mol. The molecule has 4 rings (SSSR count). The quantitative estimate of drug-likeness (QED) is 0.743. The Labute approximate surface area is 149 Å². The Morgan fingerprint density at radius 2 is 1.68 bits per heavy atom. The smallest absolute Gasteiger partial charge is 0.313 e. The first-order chi connectivity index (χ1) is 12.3. The van der Waals surface area contributed by atoms with Gasteiger partial charge in [0.05, 0.1) is 18.6 Å². The summed E-state index contributed by atoms with van der Waals surface area (Å²) in [5.74, 6) is 0.253. The standard InChI is InChI=1S/C22H24O3/c23-21-22(14-17-8-3-1-4-9-17)13-7-12-19(22)20(25-21)16-24-15-18-10-5-2-6-11-18/h1-6,8-11,19-20H,7,12-16H2/t19-,20+,22+/m1/s1. The summed E-state index contributed by atoms with van der Waals surface area (Å²) in [4.78, 5) is 12.7. The minimum atomic E-state index is -0.345. The average Bonchev–Trinajstić information content (AvgIpc) is 3.16. The van der Waals surface area contributed by atoms with Crippen LogP contribution in [0.15, 0.2) is 60.7 Å². The van der Waals surface area contributed by atoms with Gasteiger partial charge in [0.15, 0.2) is 0 Å². The fourth-order valence-corrected chi connectivity index (χ4v) is 4.50. The number of hydrogen-bond donors (Lipinski definition) is 0. The van der Waals surface area contributed by atoms with Crippen LogP contribution in [0.3, 0.4) is 0 Å². The molecule has 0 amide bonds. The first-order valence-corrected chi connectivity index (χ1v) is 9.15. The van der Waals surface area contributed by atoms with Crippen molar-refractivity contribution in [3.05, 3.63) is 71.8 Å². The summed E-state index contributed by atoms with van der Waals surface area (Å²) in [6.45, 7) is 1.05. The molecule has 3 heteroatoms. The van der Waals surface area contributed by atoms with Gasteiger partial charge in [-0.1, -0.05) is 67.1 Å². The van der Waals surface area contributed by atoms with Crippen molar-refractivity contribution in [3.8, 4) is 0 Å². The van der Waals surface area contributed by atoms with Crippen molar-refractivity contribution >= 4 is 5.97 Å². The van der Waals surface area contributed by atoms with Gasteiger partial charge in [0, 0.05) is 5.92 Å². The van der Waals surface area contributed by atoms with Crippen molar-refractivity contribution in [2.45, 2.75) is 38.4 Å². The summed E-state index contributed by atoms with van der Waals surface area (Å²) in [6.07, 6.45) is 3.76. The molecule has 1 saturated heterocycles. The maximum Gasteiger partial charge on any atom is 0.313 e. The van der Waals surface area contributed by atoms with Crippen molar-refractivity contribution < 1.29 is 14.3 Å². The minimum Gasteiger partial charge on any atom is -0.459 e. The lowest BCUT2D eigenvalue weighted by Gasteiger charge is -2.25. The van der Waals surface area contributed by atoms with Crippen LogP contribution < -0.4 is 0 Å². The number of rotatable bonds is 6. The SMILES string of the molecule is O=C1O[C@@H](COCc2ccccc2)[C@H]2CCC[C@@]12Cc1ccccc1. The highest BCUT2D eigenvalue weighted by atomic mass is 16.6. The van der Waals surface area contributed by atoms with E-state index in [0.29, 0.717) is 13.2 Å². The van der Waals surface area contributed by atoms with Crippen LogP contribution >= 0.6 is 0 Å². The lowest BCUT2D eigenvalue weighted by atomic mass is 9.73. The molecule has 2 aromatic carbocycles. The van der Waals surface area contributed by atoms with Crippen molar-refractivity contribution in [1.82, 2.24) is 0 Å². The number of fused-ring (bicyclic) bond motifs is 1. The Morgan fingerprint density at radius 3 is 2.40 bits per heavy atom. The second kappa shape index (κ2) is 7.01. The zero-order valence-corrected chi connectivity index (χ0v) is 14.4. The molecule has 0 bridgehead atoms. The van der Waals surface area contributed by atoms with E-state index >= 15 is 0 Å². The van der Waals surface area contributed by atoms with Gasteiger partial charge >= 0.3 is 5.97 Å². The number of hydrogen-bond acceptors (Lipinski definition) is 3. The molecule has 0 N–H and O–H groups in total. The molecular weight excluding hydrogens is 312 g/mol. The molecular formula is C22H24O3. The van der Waals surface area contributed by atoms with E-state index in [1.165, 1.54) is 5.56 Å². The number of esters is 1. The van der Waals surface area contributed by atoms with Crippen LogP contribution in [-0.2, 0) is 27.3 Å². The molecule has 1 aliphatic carbocycles. The number of carbonyl (C=O) groups excluding carboxylic acids is 1. The molecule has 2 fully saturated rings. The van der Waals surface area contributed by atoms with E-state index in [9.17, 15) is 4.79 Å². The molecule has 0 aromatic heterocycles. The van der Waals surface area contributed by atoms with E-state index in [1.54, 1.807) is 0 Å². The Balaban J connectivity index is 1.43. The zero-order chi connectivity index (χ0) is 17.1. The highest BCUT2D eigenvalue weighted by Gasteiger charge is 2.59. The van der Waals surface area contributed by atoms with Gasteiger partial charge in [-0.15, -0.1) is 0 Å². The van der Waals surface area contributed by atoms with Crippen molar-refractivity contribution in [2.75, 3.05) is 6.61 Å². The molecule has 0 spiro atoms. The Hall–Kier alpha value is -2.13. The van der Waals surface area contributed by atoms with Crippen molar-refractivity contribution in [3.63, 3.8) is 0 Å². The van der Waals surface area contributed by atoms with Gasteiger partial charge in [0.2, 0.25) is 0 Å². The first-order valence-electron chi connectivity index (χ1n) is 9.15. The van der Waals surface area contributed by atoms with E-state index in [2.05, 4.69) is 24.3 Å². The molecule has 3 atom stereocenters. The van der Waals surface area contributed by atoms with Gasteiger partial charge in [0.25, 0.3) is 0 Å². The monoisotopic (exact) mass is 336 g/mol. The molecule has 25 heavy (non-hydrogen) atoms. The Kier molecular flexibility index (Phi) is 4.58. The van der Waals surface area contributed by atoms with Gasteiger partial charge in [0.1, 0.15) is 6.10 Å². The zero-order valence-electron chi connectivity index (χ0n) is 14.4. The van der Waals surface area contributed by atoms with E-state index in [1.807, 2.05) is 36.4 Å². The van der Waals surface area contributed by atoms with Crippen LogP contribution in [0.1, 0.15) is 30.4 Å². The second-order valence-electron chi connectivity index (χ2n) is 7.26. The van der Waals surface area contributed by atoms with Crippen LogP contribution in [0.25, 0.3) is 0 Å². The summed E-state index contributed by atoms with van der Waals surface area (Å²) in [5.41, 5.74) is 2.02. The third-order valence-electron chi connectivity index (χ3n) is 5.72. The molecule has 3 nitrogen and oxygen atoms in total. The summed E-state index contributed by atoms with van der Waals surface area (Å²) >= 11 is 0. The maximum absolute atomic E-state index is 12.7. The van der Waals surface area contributed by atoms with Crippen molar-refractivity contribution in [1.29, 1.82) is 0 Å². The summed E-state index contributed by atoms with van der Waals surface area (Å²) in [6, 6.07) is 20.4. The Bertz CT molecular complexity index is 713. The lowest BCUT2D eigenvalue weighted by molar-refractivity contribution is -0.150. The molecule has 0 radical (unpaired) electrons. The summed E-state index contributed by atoms with van der Waals surface area (Å²) in [7, 11) is 0. The topological polar surface area (TPSA) is 35.5 Å². The van der Waals surface area contributed by atoms with Gasteiger partial charge in [-0.2, -0.15) is 0 Å². The number of carbonyl (C=O) groups is 1. The minimum absolute atomic E-state index is 0.0211. The molecule has 2 aliphatic rings. The number of cyclic esters (lactones) is 1. The molecule has 1 aliphatic heterocycles. The van der Waals surface area contributed by atoms with E-state index in [0.717, 1.165) is 31.2 Å². The lowest BCUT2D eigenvalue weighted by Crippen LogP contribution is -2.33. The highest BCUT2D eigenvalue weighted by Crippen LogP contribution is 2.53. The van der Waals surface area contributed by atoms with Gasteiger partial charge in [-0.3, -0.25) is 4.79 Å². The molecule has 0 unspecified atom stereocenters. The van der Waals surface area contributed by atoms with Gasteiger partial charge in [-0.05, 0) is 30.4 Å². The second-order valence-corrected chi connectivity index (χ2v) is 7.26. The molecule has 1 heterocycles. The number of benzene rings is 2. The third-order valence-corrected chi connectivity index (χ3v) is 5.72. The van der Waals surface area contributed by atoms with Gasteiger partial charge < -0.3 is 9.47 Å². The van der Waals surface area contributed by atoms with E-state index in [-0.39, 0.29) is 23.4 Å². The summed E-state index contributed by atoms with van der Waals surface area (Å²) < 4.78 is 11.7. The molecule has 1 saturated carbocycles. The molecule has 2 aromatic rings. The van der Waals surface area contributed by atoms with Crippen LogP contribution in [0.5, 0.6) is 0 Å². The highest BCUT2D eigenvalue weighted by molar-refractivity contribution is 5.80. The summed E-state index contributed by atoms with van der Waals surface area (Å²) in [5, 5.41) is 0. The predicted octanol–water partition coefficient (Wildman–Crippen LogP) is 4.16. The molecule has 130 valence electrons. The number of ether oxygens (including phenoxy) is 2. The van der Waals surface area contributed by atoms with Crippen molar-refractivity contribution in [2.24, 2.45) is 11.3 Å². The average molecular weight is 336 g/mol. The van der Waals surface area contributed by atoms with Crippen LogP contribution in [-0.4, -0.2) is 18.7 Å². The third kappa shape index (κ3) is 3.21. The van der Waals surface area contributed by atoms with Gasteiger partial charge in [-0.25, -0.2) is 0 Å². The largest absolute Gasteiger partial charge is 0.459 e. The fraction of sp³-hybridized carbons (Fsp3) is 0.409. The normalized spacial score (nSPS) is 27.9.